The Kier molecular flexibility index (Phi) is 4.88. The Hall–Kier alpha value is -2.09. The van der Waals surface area contributed by atoms with Crippen LogP contribution in [0.3, 0.4) is 0 Å². The fourth-order valence-corrected chi connectivity index (χ4v) is 4.38. The standard InChI is InChI=1S/C24H30F2N2O/c1-17(2)28-16-5-4-8-19-18(7-6-9-20(19)28)10-11-23(12-13-23)27-21(29)24(14-15-24)22(3,25)26/h6-7,9,17H,4-5,8,12-16H2,1-3H3,(H,27,29). The van der Waals surface area contributed by atoms with E-state index in [1.807, 2.05) is 12.1 Å². The number of hydrogen-bond acceptors (Lipinski definition) is 2. The summed E-state index contributed by atoms with van der Waals surface area (Å²) in [6, 6.07) is 6.67. The number of rotatable bonds is 4. The normalized spacial score (nSPS) is 21.5. The number of anilines is 1. The van der Waals surface area contributed by atoms with Crippen molar-refractivity contribution in [3.8, 4) is 11.8 Å². The van der Waals surface area contributed by atoms with E-state index < -0.39 is 22.8 Å². The predicted molar refractivity (Wildman–Crippen MR) is 111 cm³/mol. The van der Waals surface area contributed by atoms with Gasteiger partial charge in [-0.15, -0.1) is 0 Å². The minimum absolute atomic E-state index is 0.253. The lowest BCUT2D eigenvalue weighted by Gasteiger charge is -2.29. The lowest BCUT2D eigenvalue weighted by atomic mass is 9.97. The Labute approximate surface area is 172 Å². The van der Waals surface area contributed by atoms with Crippen LogP contribution < -0.4 is 10.2 Å². The molecule has 2 fully saturated rings. The first-order valence-electron chi connectivity index (χ1n) is 10.8. The zero-order chi connectivity index (χ0) is 20.9. The van der Waals surface area contributed by atoms with Gasteiger partial charge in [0.05, 0.1) is 0 Å². The van der Waals surface area contributed by atoms with E-state index in [1.165, 1.54) is 11.3 Å². The van der Waals surface area contributed by atoms with Gasteiger partial charge in [-0.2, -0.15) is 0 Å². The second kappa shape index (κ2) is 7.00. The average molecular weight is 401 g/mol. The highest BCUT2D eigenvalue weighted by Crippen LogP contribution is 2.57. The van der Waals surface area contributed by atoms with Crippen LogP contribution in [0.25, 0.3) is 0 Å². The summed E-state index contributed by atoms with van der Waals surface area (Å²) in [6.45, 7) is 6.32. The minimum Gasteiger partial charge on any atom is -0.369 e. The summed E-state index contributed by atoms with van der Waals surface area (Å²) in [7, 11) is 0. The molecule has 1 aromatic carbocycles. The van der Waals surface area contributed by atoms with Crippen LogP contribution >= 0.6 is 0 Å². The maximum Gasteiger partial charge on any atom is 0.259 e. The number of hydrogen-bond donors (Lipinski definition) is 1. The van der Waals surface area contributed by atoms with Gasteiger partial charge in [-0.25, -0.2) is 8.78 Å². The van der Waals surface area contributed by atoms with E-state index in [0.717, 1.165) is 51.1 Å². The van der Waals surface area contributed by atoms with E-state index in [2.05, 4.69) is 42.0 Å². The first-order valence-corrected chi connectivity index (χ1v) is 10.8. The molecule has 0 bridgehead atoms. The van der Waals surface area contributed by atoms with Gasteiger partial charge in [-0.3, -0.25) is 4.79 Å². The van der Waals surface area contributed by atoms with Crippen LogP contribution in [0.15, 0.2) is 18.2 Å². The highest BCUT2D eigenvalue weighted by molar-refractivity contribution is 5.88. The van der Waals surface area contributed by atoms with Crippen molar-refractivity contribution in [2.24, 2.45) is 5.41 Å². The van der Waals surface area contributed by atoms with Crippen molar-refractivity contribution in [2.75, 3.05) is 11.4 Å². The summed E-state index contributed by atoms with van der Waals surface area (Å²) in [4.78, 5) is 15.0. The largest absolute Gasteiger partial charge is 0.369 e. The number of amides is 1. The molecule has 29 heavy (non-hydrogen) atoms. The number of fused-ring (bicyclic) bond motifs is 1. The molecule has 0 radical (unpaired) electrons. The van der Waals surface area contributed by atoms with E-state index in [4.69, 9.17) is 0 Å². The summed E-state index contributed by atoms with van der Waals surface area (Å²) < 4.78 is 27.8. The first kappa shape index (κ1) is 20.2. The third-order valence-electron chi connectivity index (χ3n) is 6.72. The Morgan fingerprint density at radius 3 is 2.52 bits per heavy atom. The average Bonchev–Trinajstić information content (AvgIpc) is 3.53. The van der Waals surface area contributed by atoms with Gasteiger partial charge in [0, 0.05) is 30.8 Å². The molecule has 0 spiro atoms. The van der Waals surface area contributed by atoms with E-state index in [9.17, 15) is 13.6 Å². The number of alkyl halides is 2. The number of halogens is 2. The third-order valence-corrected chi connectivity index (χ3v) is 6.72. The van der Waals surface area contributed by atoms with Crippen molar-refractivity contribution in [3.63, 3.8) is 0 Å². The first-order chi connectivity index (χ1) is 13.7. The predicted octanol–water partition coefficient (Wildman–Crippen LogP) is 4.67. The molecule has 1 heterocycles. The lowest BCUT2D eigenvalue weighted by Crippen LogP contribution is -2.46. The summed E-state index contributed by atoms with van der Waals surface area (Å²) >= 11 is 0. The molecule has 3 aliphatic rings. The van der Waals surface area contributed by atoms with Crippen LogP contribution in [0.2, 0.25) is 0 Å². The number of benzene rings is 1. The Morgan fingerprint density at radius 2 is 1.93 bits per heavy atom. The van der Waals surface area contributed by atoms with E-state index in [-0.39, 0.29) is 12.8 Å². The lowest BCUT2D eigenvalue weighted by molar-refractivity contribution is -0.142. The second-order valence-electron chi connectivity index (χ2n) is 9.30. The van der Waals surface area contributed by atoms with Gasteiger partial charge in [-0.1, -0.05) is 17.9 Å². The van der Waals surface area contributed by atoms with E-state index in [0.29, 0.717) is 6.04 Å². The molecular weight excluding hydrogens is 370 g/mol. The molecule has 1 aliphatic heterocycles. The van der Waals surface area contributed by atoms with Crippen LogP contribution in [0.1, 0.15) is 70.4 Å². The monoisotopic (exact) mass is 400 g/mol. The summed E-state index contributed by atoms with van der Waals surface area (Å²) in [5.41, 5.74) is 1.36. The fourth-order valence-electron chi connectivity index (χ4n) is 4.38. The molecular formula is C24H30F2N2O. The molecule has 1 amide bonds. The summed E-state index contributed by atoms with van der Waals surface area (Å²) in [5.74, 6) is 3.02. The van der Waals surface area contributed by atoms with Crippen LogP contribution in [0.5, 0.6) is 0 Å². The number of carbonyl (C=O) groups is 1. The van der Waals surface area contributed by atoms with Crippen molar-refractivity contribution in [2.45, 2.75) is 83.2 Å². The Morgan fingerprint density at radius 1 is 1.21 bits per heavy atom. The molecule has 0 atom stereocenters. The number of carbonyl (C=O) groups excluding carboxylic acids is 1. The van der Waals surface area contributed by atoms with Crippen molar-refractivity contribution >= 4 is 11.6 Å². The van der Waals surface area contributed by atoms with Crippen molar-refractivity contribution in [3.05, 3.63) is 29.3 Å². The molecule has 1 aromatic rings. The smallest absolute Gasteiger partial charge is 0.259 e. The third kappa shape index (κ3) is 3.74. The minimum atomic E-state index is -2.99. The zero-order valence-corrected chi connectivity index (χ0v) is 17.6. The molecule has 4 rings (SSSR count). The molecule has 156 valence electrons. The summed E-state index contributed by atoms with van der Waals surface area (Å²) in [6.07, 6.45) is 5.24. The molecule has 2 aliphatic carbocycles. The molecule has 0 unspecified atom stereocenters. The number of nitrogens with one attached hydrogen (secondary N) is 1. The SMILES string of the molecule is CC(C)N1CCCCc2c(C#CC3(NC(=O)C4(C(C)(F)F)CC4)CC3)cccc21. The fraction of sp³-hybridized carbons (Fsp3) is 0.625. The van der Waals surface area contributed by atoms with Gasteiger partial charge in [0.25, 0.3) is 5.92 Å². The zero-order valence-electron chi connectivity index (χ0n) is 17.6. The molecule has 0 aromatic heterocycles. The highest BCUT2D eigenvalue weighted by Gasteiger charge is 2.65. The van der Waals surface area contributed by atoms with Crippen LogP contribution in [-0.4, -0.2) is 30.0 Å². The molecule has 2 saturated carbocycles. The van der Waals surface area contributed by atoms with Gasteiger partial charge in [0.2, 0.25) is 5.91 Å². The molecule has 3 nitrogen and oxygen atoms in total. The van der Waals surface area contributed by atoms with Gasteiger partial charge < -0.3 is 10.2 Å². The second-order valence-corrected chi connectivity index (χ2v) is 9.30. The van der Waals surface area contributed by atoms with Crippen LogP contribution in [0, 0.1) is 17.3 Å². The highest BCUT2D eigenvalue weighted by atomic mass is 19.3. The maximum absolute atomic E-state index is 13.9. The maximum atomic E-state index is 13.9. The van der Waals surface area contributed by atoms with Gasteiger partial charge in [-0.05, 0) is 76.5 Å². The topological polar surface area (TPSA) is 32.3 Å². The van der Waals surface area contributed by atoms with Crippen molar-refractivity contribution in [1.82, 2.24) is 5.32 Å². The van der Waals surface area contributed by atoms with Crippen molar-refractivity contribution < 1.29 is 13.6 Å². The van der Waals surface area contributed by atoms with E-state index in [1.54, 1.807) is 0 Å². The van der Waals surface area contributed by atoms with Crippen LogP contribution in [0.4, 0.5) is 14.5 Å². The Balaban J connectivity index is 1.57. The molecule has 0 saturated heterocycles. The molecule has 5 heteroatoms. The quantitative estimate of drug-likeness (QED) is 0.745. The van der Waals surface area contributed by atoms with E-state index >= 15 is 0 Å². The van der Waals surface area contributed by atoms with Gasteiger partial charge in [0.1, 0.15) is 11.0 Å². The van der Waals surface area contributed by atoms with Gasteiger partial charge >= 0.3 is 0 Å². The van der Waals surface area contributed by atoms with Gasteiger partial charge in [0.15, 0.2) is 0 Å². The Bertz CT molecular complexity index is 867. The number of nitrogens with zero attached hydrogens (tertiary/aromatic N) is 1. The van der Waals surface area contributed by atoms with Crippen molar-refractivity contribution in [1.29, 1.82) is 0 Å². The van der Waals surface area contributed by atoms with Crippen LogP contribution in [-0.2, 0) is 11.2 Å². The summed E-state index contributed by atoms with van der Waals surface area (Å²) in [5, 5.41) is 2.86. The molecule has 1 N–H and O–H groups in total.